The van der Waals surface area contributed by atoms with Gasteiger partial charge in [-0.3, -0.25) is 0 Å². The van der Waals surface area contributed by atoms with E-state index in [-0.39, 0.29) is 12.2 Å². The second-order valence-corrected chi connectivity index (χ2v) is 4.67. The number of para-hydroxylation sites is 1. The standard InChI is InChI=1S/C16H14FNO2/c1-3-20-16(19)11-8-12(17)9(2)14-10-6-4-5-7-13(10)18-15(11)14/h4-8,18H,3H2,1-2H3. The van der Waals surface area contributed by atoms with Gasteiger partial charge in [0, 0.05) is 16.3 Å². The van der Waals surface area contributed by atoms with Crippen molar-refractivity contribution in [2.45, 2.75) is 13.8 Å². The summed E-state index contributed by atoms with van der Waals surface area (Å²) < 4.78 is 19.1. The number of hydrogen-bond acceptors (Lipinski definition) is 2. The van der Waals surface area contributed by atoms with Gasteiger partial charge in [-0.25, -0.2) is 9.18 Å². The fraction of sp³-hybridized carbons (Fsp3) is 0.188. The average Bonchev–Trinajstić information content (AvgIpc) is 2.82. The lowest BCUT2D eigenvalue weighted by Gasteiger charge is -2.06. The second-order valence-electron chi connectivity index (χ2n) is 4.67. The molecule has 102 valence electrons. The molecule has 0 amide bonds. The third kappa shape index (κ3) is 1.76. The quantitative estimate of drug-likeness (QED) is 0.717. The summed E-state index contributed by atoms with van der Waals surface area (Å²) in [5.41, 5.74) is 2.27. The lowest BCUT2D eigenvalue weighted by molar-refractivity contribution is 0.0528. The largest absolute Gasteiger partial charge is 0.462 e. The summed E-state index contributed by atoms with van der Waals surface area (Å²) in [4.78, 5) is 15.2. The van der Waals surface area contributed by atoms with E-state index in [1.807, 2.05) is 24.3 Å². The average molecular weight is 271 g/mol. The third-order valence-corrected chi connectivity index (χ3v) is 3.48. The first-order chi connectivity index (χ1) is 9.63. The van der Waals surface area contributed by atoms with Crippen molar-refractivity contribution in [1.29, 1.82) is 0 Å². The molecule has 0 aliphatic heterocycles. The minimum atomic E-state index is -0.511. The summed E-state index contributed by atoms with van der Waals surface area (Å²) in [5.74, 6) is -0.909. The van der Waals surface area contributed by atoms with Gasteiger partial charge in [0.15, 0.2) is 0 Å². The number of benzene rings is 2. The van der Waals surface area contributed by atoms with E-state index in [2.05, 4.69) is 4.98 Å². The van der Waals surface area contributed by atoms with Crippen molar-refractivity contribution in [3.63, 3.8) is 0 Å². The van der Waals surface area contributed by atoms with Crippen molar-refractivity contribution >= 4 is 27.8 Å². The summed E-state index contributed by atoms with van der Waals surface area (Å²) in [6.07, 6.45) is 0. The molecule has 0 bridgehead atoms. The van der Waals surface area contributed by atoms with E-state index in [4.69, 9.17) is 4.74 Å². The second kappa shape index (κ2) is 4.63. The number of esters is 1. The molecule has 0 atom stereocenters. The van der Waals surface area contributed by atoms with Crippen molar-refractivity contribution in [1.82, 2.24) is 4.98 Å². The molecule has 20 heavy (non-hydrogen) atoms. The van der Waals surface area contributed by atoms with E-state index < -0.39 is 11.8 Å². The lowest BCUT2D eigenvalue weighted by Crippen LogP contribution is -2.06. The third-order valence-electron chi connectivity index (χ3n) is 3.48. The van der Waals surface area contributed by atoms with Crippen LogP contribution >= 0.6 is 0 Å². The molecule has 1 aromatic heterocycles. The summed E-state index contributed by atoms with van der Waals surface area (Å²) in [6, 6.07) is 8.85. The minimum absolute atomic E-state index is 0.237. The zero-order valence-electron chi connectivity index (χ0n) is 11.3. The van der Waals surface area contributed by atoms with Gasteiger partial charge in [0.05, 0.1) is 17.7 Å². The topological polar surface area (TPSA) is 42.1 Å². The van der Waals surface area contributed by atoms with E-state index in [9.17, 15) is 9.18 Å². The molecule has 0 fully saturated rings. The molecule has 0 aliphatic rings. The van der Waals surface area contributed by atoms with Gasteiger partial charge >= 0.3 is 5.97 Å². The molecule has 1 N–H and O–H groups in total. The number of ether oxygens (including phenoxy) is 1. The molecule has 0 spiro atoms. The maximum Gasteiger partial charge on any atom is 0.340 e. The normalized spacial score (nSPS) is 11.2. The molecule has 2 aromatic carbocycles. The number of aromatic nitrogens is 1. The Balaban J connectivity index is 2.42. The first-order valence-electron chi connectivity index (χ1n) is 6.50. The fourth-order valence-corrected chi connectivity index (χ4v) is 2.53. The summed E-state index contributed by atoms with van der Waals surface area (Å²) in [7, 11) is 0. The summed E-state index contributed by atoms with van der Waals surface area (Å²) >= 11 is 0. The van der Waals surface area contributed by atoms with Gasteiger partial charge in [0.2, 0.25) is 0 Å². The van der Waals surface area contributed by atoms with Crippen molar-refractivity contribution < 1.29 is 13.9 Å². The maximum atomic E-state index is 14.1. The van der Waals surface area contributed by atoms with Crippen LogP contribution in [0.25, 0.3) is 21.8 Å². The molecule has 0 saturated carbocycles. The van der Waals surface area contributed by atoms with Crippen LogP contribution < -0.4 is 0 Å². The van der Waals surface area contributed by atoms with Crippen molar-refractivity contribution in [3.8, 4) is 0 Å². The highest BCUT2D eigenvalue weighted by Gasteiger charge is 2.19. The number of hydrogen-bond donors (Lipinski definition) is 1. The van der Waals surface area contributed by atoms with E-state index in [0.717, 1.165) is 16.3 Å². The number of nitrogens with one attached hydrogen (secondary N) is 1. The van der Waals surface area contributed by atoms with Crippen molar-refractivity contribution in [2.75, 3.05) is 6.61 Å². The first kappa shape index (κ1) is 12.7. The zero-order valence-corrected chi connectivity index (χ0v) is 11.3. The number of H-pyrrole nitrogens is 1. The first-order valence-corrected chi connectivity index (χ1v) is 6.50. The van der Waals surface area contributed by atoms with Crippen LogP contribution in [-0.2, 0) is 4.74 Å². The van der Waals surface area contributed by atoms with Crippen molar-refractivity contribution in [3.05, 3.63) is 47.3 Å². The summed E-state index contributed by atoms with van der Waals surface area (Å²) in [6.45, 7) is 3.70. The monoisotopic (exact) mass is 271 g/mol. The van der Waals surface area contributed by atoms with Gasteiger partial charge in [-0.15, -0.1) is 0 Å². The van der Waals surface area contributed by atoms with Gasteiger partial charge in [-0.2, -0.15) is 0 Å². The number of carbonyl (C=O) groups is 1. The molecule has 0 unspecified atom stereocenters. The molecule has 0 radical (unpaired) electrons. The van der Waals surface area contributed by atoms with Crippen molar-refractivity contribution in [2.24, 2.45) is 0 Å². The Hall–Kier alpha value is -2.36. The Morgan fingerprint density at radius 2 is 2.10 bits per heavy atom. The zero-order chi connectivity index (χ0) is 14.3. The molecule has 3 nitrogen and oxygen atoms in total. The number of aromatic amines is 1. The molecule has 3 aromatic rings. The van der Waals surface area contributed by atoms with Gasteiger partial charge in [0.25, 0.3) is 0 Å². The number of aryl methyl sites for hydroxylation is 1. The van der Waals surface area contributed by atoms with Gasteiger partial charge in [-0.05, 0) is 31.5 Å². The highest BCUT2D eigenvalue weighted by atomic mass is 19.1. The van der Waals surface area contributed by atoms with E-state index in [1.165, 1.54) is 6.07 Å². The van der Waals surface area contributed by atoms with E-state index >= 15 is 0 Å². The molecule has 3 rings (SSSR count). The van der Waals surface area contributed by atoms with Gasteiger partial charge in [-0.1, -0.05) is 18.2 Å². The van der Waals surface area contributed by atoms with Crippen LogP contribution in [0.15, 0.2) is 30.3 Å². The van der Waals surface area contributed by atoms with Crippen LogP contribution in [-0.4, -0.2) is 17.6 Å². The number of carbonyl (C=O) groups excluding carboxylic acids is 1. The fourth-order valence-electron chi connectivity index (χ4n) is 2.53. The molecule has 1 heterocycles. The Morgan fingerprint density at radius 1 is 1.35 bits per heavy atom. The van der Waals surface area contributed by atoms with Gasteiger partial charge in [0.1, 0.15) is 5.82 Å². The molecular weight excluding hydrogens is 257 g/mol. The van der Waals surface area contributed by atoms with E-state index in [1.54, 1.807) is 13.8 Å². The van der Waals surface area contributed by atoms with E-state index in [0.29, 0.717) is 11.1 Å². The number of halogens is 1. The smallest absolute Gasteiger partial charge is 0.340 e. The Bertz CT molecular complexity index is 820. The number of rotatable bonds is 2. The Morgan fingerprint density at radius 3 is 2.85 bits per heavy atom. The Kier molecular flexibility index (Phi) is 2.93. The molecule has 4 heteroatoms. The highest BCUT2D eigenvalue weighted by Crippen LogP contribution is 2.32. The van der Waals surface area contributed by atoms with Crippen LogP contribution in [0.3, 0.4) is 0 Å². The molecule has 0 aliphatic carbocycles. The lowest BCUT2D eigenvalue weighted by atomic mass is 10.0. The molecule has 0 saturated heterocycles. The van der Waals surface area contributed by atoms with Crippen LogP contribution in [0.4, 0.5) is 4.39 Å². The minimum Gasteiger partial charge on any atom is -0.462 e. The SMILES string of the molecule is CCOC(=O)c1cc(F)c(C)c2c1[nH]c1ccccc12. The van der Waals surface area contributed by atoms with Gasteiger partial charge < -0.3 is 9.72 Å². The highest BCUT2D eigenvalue weighted by molar-refractivity contribution is 6.15. The van der Waals surface area contributed by atoms with Crippen LogP contribution in [0, 0.1) is 12.7 Å². The van der Waals surface area contributed by atoms with Crippen LogP contribution in [0.2, 0.25) is 0 Å². The predicted molar refractivity (Wildman–Crippen MR) is 76.5 cm³/mol. The summed E-state index contributed by atoms with van der Waals surface area (Å²) in [5, 5.41) is 1.65. The van der Waals surface area contributed by atoms with Crippen LogP contribution in [0.5, 0.6) is 0 Å². The van der Waals surface area contributed by atoms with Crippen LogP contribution in [0.1, 0.15) is 22.8 Å². The predicted octanol–water partition coefficient (Wildman–Crippen LogP) is 3.95. The maximum absolute atomic E-state index is 14.1. The molecular formula is C16H14FNO2. The number of fused-ring (bicyclic) bond motifs is 3. The Labute approximate surface area is 115 Å².